The number of hydrogen-bond donors (Lipinski definition) is 0. The summed E-state index contributed by atoms with van der Waals surface area (Å²) in [6.45, 7) is 8.28. The Morgan fingerprint density at radius 1 is 0.931 bits per heavy atom. The number of carbonyl (C=O) groups is 4. The van der Waals surface area contributed by atoms with Crippen LogP contribution in [0.25, 0.3) is 0 Å². The molecule has 2 aliphatic rings. The van der Waals surface area contributed by atoms with Crippen molar-refractivity contribution in [2.45, 2.75) is 58.5 Å². The fraction of sp³-hybridized carbons (Fsp3) is 0.391. The Bertz CT molecular complexity index is 955. The molecule has 152 valence electrons. The van der Waals surface area contributed by atoms with Crippen molar-refractivity contribution in [1.82, 2.24) is 0 Å². The van der Waals surface area contributed by atoms with Gasteiger partial charge in [-0.2, -0.15) is 0 Å². The number of allylic oxidation sites excluding steroid dienone is 2. The second kappa shape index (κ2) is 7.10. The van der Waals surface area contributed by atoms with Gasteiger partial charge in [0.05, 0.1) is 5.56 Å². The Kier molecular flexibility index (Phi) is 5.07. The Morgan fingerprint density at radius 3 is 1.93 bits per heavy atom. The number of esters is 2. The van der Waals surface area contributed by atoms with Crippen LogP contribution in [0.1, 0.15) is 58.6 Å². The largest absolute Gasteiger partial charge is 0.437 e. The smallest absolute Gasteiger partial charge is 0.308 e. The summed E-state index contributed by atoms with van der Waals surface area (Å²) < 4.78 is 10.8. The number of carbonyl (C=O) groups excluding carboxylic acids is 4. The van der Waals surface area contributed by atoms with Crippen molar-refractivity contribution in [3.63, 3.8) is 0 Å². The molecule has 29 heavy (non-hydrogen) atoms. The van der Waals surface area contributed by atoms with E-state index in [1.807, 2.05) is 20.8 Å². The maximum Gasteiger partial charge on any atom is 0.308 e. The summed E-state index contributed by atoms with van der Waals surface area (Å²) in [6.07, 6.45) is 4.62. The highest BCUT2D eigenvalue weighted by molar-refractivity contribution is 6.35. The van der Waals surface area contributed by atoms with Crippen molar-refractivity contribution < 1.29 is 28.7 Å². The van der Waals surface area contributed by atoms with Gasteiger partial charge < -0.3 is 9.47 Å². The van der Waals surface area contributed by atoms with E-state index in [9.17, 15) is 19.2 Å². The van der Waals surface area contributed by atoms with Crippen molar-refractivity contribution in [3.05, 3.63) is 52.6 Å². The van der Waals surface area contributed by atoms with Gasteiger partial charge in [0.2, 0.25) is 11.6 Å². The number of Topliss-reactive ketones (excluding diaryl/α,β-unsaturated/α-hetero) is 2. The molecule has 0 atom stereocenters. The predicted octanol–water partition coefficient (Wildman–Crippen LogP) is 3.47. The molecule has 6 heteroatoms. The molecule has 0 heterocycles. The normalized spacial score (nSPS) is 18.0. The van der Waals surface area contributed by atoms with Crippen LogP contribution in [0.15, 0.2) is 41.5 Å². The minimum atomic E-state index is -2.19. The maximum absolute atomic E-state index is 13.5. The van der Waals surface area contributed by atoms with Crippen molar-refractivity contribution in [2.24, 2.45) is 0 Å². The van der Waals surface area contributed by atoms with Gasteiger partial charge in [-0.25, -0.2) is 0 Å². The average Bonchev–Trinajstić information content (AvgIpc) is 2.83. The molecule has 6 nitrogen and oxygen atoms in total. The van der Waals surface area contributed by atoms with Crippen LogP contribution in [-0.4, -0.2) is 23.5 Å². The van der Waals surface area contributed by atoms with Crippen molar-refractivity contribution in [2.75, 3.05) is 0 Å². The van der Waals surface area contributed by atoms with Crippen molar-refractivity contribution in [3.8, 4) is 5.75 Å². The van der Waals surface area contributed by atoms with Gasteiger partial charge in [-0.1, -0.05) is 39.0 Å². The van der Waals surface area contributed by atoms with Gasteiger partial charge in [-0.15, -0.1) is 0 Å². The number of fused-ring (bicyclic) bond motifs is 1. The van der Waals surface area contributed by atoms with Crippen LogP contribution in [0.3, 0.4) is 0 Å². The van der Waals surface area contributed by atoms with E-state index in [4.69, 9.17) is 9.47 Å². The summed E-state index contributed by atoms with van der Waals surface area (Å²) in [5.74, 6) is -2.58. The maximum atomic E-state index is 13.5. The lowest BCUT2D eigenvalue weighted by atomic mass is 9.81. The molecule has 1 saturated carbocycles. The molecule has 0 spiro atoms. The van der Waals surface area contributed by atoms with Gasteiger partial charge in [-0.3, -0.25) is 19.2 Å². The zero-order valence-electron chi connectivity index (χ0n) is 17.3. The molecule has 0 radical (unpaired) electrons. The van der Waals surface area contributed by atoms with Crippen molar-refractivity contribution in [1.29, 1.82) is 0 Å². The summed E-state index contributed by atoms with van der Waals surface area (Å²) in [6, 6.07) is 4.92. The third kappa shape index (κ3) is 3.43. The van der Waals surface area contributed by atoms with Crippen LogP contribution >= 0.6 is 0 Å². The summed E-state index contributed by atoms with van der Waals surface area (Å²) in [4.78, 5) is 50.6. The highest BCUT2D eigenvalue weighted by Gasteiger charge is 2.61. The van der Waals surface area contributed by atoms with E-state index in [1.54, 1.807) is 24.3 Å². The monoisotopic (exact) mass is 396 g/mol. The van der Waals surface area contributed by atoms with Crippen LogP contribution in [-0.2, 0) is 34.9 Å². The summed E-state index contributed by atoms with van der Waals surface area (Å²) in [7, 11) is 0. The fourth-order valence-corrected chi connectivity index (χ4v) is 3.71. The third-order valence-electron chi connectivity index (χ3n) is 5.06. The number of hydrogen-bond acceptors (Lipinski definition) is 6. The SMILES string of the molecule is CC(=O)Oc1ccc(C(C)(C)C)cc1C1(OC(C)=O)C(=O)C2=CCCC=C2C1=O. The van der Waals surface area contributed by atoms with Crippen LogP contribution in [0.5, 0.6) is 5.75 Å². The molecule has 0 aliphatic heterocycles. The average molecular weight is 396 g/mol. The highest BCUT2D eigenvalue weighted by atomic mass is 16.6. The van der Waals surface area contributed by atoms with E-state index >= 15 is 0 Å². The molecule has 0 N–H and O–H groups in total. The molecule has 1 aromatic rings. The van der Waals surface area contributed by atoms with E-state index < -0.39 is 29.1 Å². The quantitative estimate of drug-likeness (QED) is 0.442. The first-order valence-electron chi connectivity index (χ1n) is 9.51. The van der Waals surface area contributed by atoms with Gasteiger partial charge in [0.25, 0.3) is 5.60 Å². The van der Waals surface area contributed by atoms with Gasteiger partial charge in [0.15, 0.2) is 0 Å². The molecular formula is C23H24O6. The van der Waals surface area contributed by atoms with Gasteiger partial charge in [0.1, 0.15) is 5.75 Å². The minimum Gasteiger partial charge on any atom is -0.437 e. The molecule has 1 aromatic carbocycles. The Balaban J connectivity index is 2.35. The topological polar surface area (TPSA) is 86.7 Å². The van der Waals surface area contributed by atoms with E-state index in [1.165, 1.54) is 13.0 Å². The standard InChI is InChI=1S/C23H24O6/c1-13(24)28-19-11-10-15(22(3,4)5)12-18(19)23(29-14(2)25)20(26)16-8-6-7-9-17(16)21(23)27/h8-12H,6-7H2,1-5H3. The first-order valence-corrected chi connectivity index (χ1v) is 9.51. The Labute approximate surface area is 169 Å². The molecule has 0 bridgehead atoms. The first-order chi connectivity index (χ1) is 13.5. The number of ether oxygens (including phenoxy) is 2. The number of benzene rings is 1. The third-order valence-corrected chi connectivity index (χ3v) is 5.06. The molecule has 0 amide bonds. The van der Waals surface area contributed by atoms with Crippen LogP contribution < -0.4 is 4.74 Å². The highest BCUT2D eigenvalue weighted by Crippen LogP contribution is 2.48. The first kappa shape index (κ1) is 20.7. The summed E-state index contributed by atoms with van der Waals surface area (Å²) in [5, 5.41) is 0. The molecule has 2 aliphatic carbocycles. The Morgan fingerprint density at radius 2 is 1.48 bits per heavy atom. The lowest BCUT2D eigenvalue weighted by molar-refractivity contribution is -0.168. The zero-order chi connectivity index (χ0) is 21.6. The molecule has 0 unspecified atom stereocenters. The molecule has 1 fully saturated rings. The molecular weight excluding hydrogens is 372 g/mol. The summed E-state index contributed by atoms with van der Waals surface area (Å²) in [5.41, 5.74) is -1.15. The number of ketones is 2. The fourth-order valence-electron chi connectivity index (χ4n) is 3.71. The minimum absolute atomic E-state index is 0.0216. The second-order valence-electron chi connectivity index (χ2n) is 8.30. The summed E-state index contributed by atoms with van der Waals surface area (Å²) >= 11 is 0. The van der Waals surface area contributed by atoms with E-state index in [-0.39, 0.29) is 27.9 Å². The lowest BCUT2D eigenvalue weighted by Gasteiger charge is -2.29. The Hall–Kier alpha value is -3.02. The molecule has 0 aromatic heterocycles. The van der Waals surface area contributed by atoms with Crippen LogP contribution in [0, 0.1) is 0 Å². The molecule has 0 saturated heterocycles. The van der Waals surface area contributed by atoms with Gasteiger partial charge in [0, 0.05) is 25.0 Å². The van der Waals surface area contributed by atoms with Crippen LogP contribution in [0.2, 0.25) is 0 Å². The number of rotatable bonds is 3. The second-order valence-corrected chi connectivity index (χ2v) is 8.30. The van der Waals surface area contributed by atoms with Crippen LogP contribution in [0.4, 0.5) is 0 Å². The van der Waals surface area contributed by atoms with E-state index in [0.717, 1.165) is 12.5 Å². The molecule has 3 rings (SSSR count). The predicted molar refractivity (Wildman–Crippen MR) is 105 cm³/mol. The van der Waals surface area contributed by atoms with Gasteiger partial charge >= 0.3 is 11.9 Å². The van der Waals surface area contributed by atoms with E-state index in [0.29, 0.717) is 12.8 Å². The van der Waals surface area contributed by atoms with Gasteiger partial charge in [-0.05, 0) is 36.0 Å². The zero-order valence-corrected chi connectivity index (χ0v) is 17.3. The van der Waals surface area contributed by atoms with Crippen molar-refractivity contribution >= 4 is 23.5 Å². The lowest BCUT2D eigenvalue weighted by Crippen LogP contribution is -2.43. The van der Waals surface area contributed by atoms with E-state index in [2.05, 4.69) is 0 Å².